The molecule has 25 heavy (non-hydrogen) atoms. The molecule has 1 aliphatic heterocycles. The molecule has 2 aromatic rings. The van der Waals surface area contributed by atoms with Gasteiger partial charge in [-0.15, -0.1) is 0 Å². The van der Waals surface area contributed by atoms with Gasteiger partial charge in [0.05, 0.1) is 38.6 Å². The Balaban J connectivity index is 1.69. The van der Waals surface area contributed by atoms with Gasteiger partial charge in [-0.1, -0.05) is 0 Å². The van der Waals surface area contributed by atoms with Crippen LogP contribution in [0.1, 0.15) is 12.2 Å². The van der Waals surface area contributed by atoms with E-state index < -0.39 is 5.92 Å². The number of ether oxygens (including phenoxy) is 2. The minimum atomic E-state index is -0.408. The summed E-state index contributed by atoms with van der Waals surface area (Å²) in [5, 5.41) is 2.80. The number of hydrogen-bond donors (Lipinski definition) is 1. The number of furan rings is 1. The molecule has 1 aromatic heterocycles. The van der Waals surface area contributed by atoms with Gasteiger partial charge in [-0.25, -0.2) is 0 Å². The Labute approximate surface area is 145 Å². The van der Waals surface area contributed by atoms with Crippen molar-refractivity contribution in [1.82, 2.24) is 5.32 Å². The second kappa shape index (κ2) is 7.29. The SMILES string of the molecule is COc1ccc(N2C[C@H](C(=O)NCc3ccco3)CC2=O)c(OC)c1. The first-order valence-corrected chi connectivity index (χ1v) is 7.95. The third-order valence-corrected chi connectivity index (χ3v) is 4.19. The summed E-state index contributed by atoms with van der Waals surface area (Å²) >= 11 is 0. The molecule has 0 spiro atoms. The quantitative estimate of drug-likeness (QED) is 0.866. The number of hydrogen-bond acceptors (Lipinski definition) is 5. The lowest BCUT2D eigenvalue weighted by Crippen LogP contribution is -2.32. The van der Waals surface area contributed by atoms with Gasteiger partial charge in [-0.05, 0) is 24.3 Å². The van der Waals surface area contributed by atoms with Crippen LogP contribution in [0.15, 0.2) is 41.0 Å². The van der Waals surface area contributed by atoms with Gasteiger partial charge in [0.15, 0.2) is 0 Å². The van der Waals surface area contributed by atoms with Gasteiger partial charge in [0.2, 0.25) is 11.8 Å². The molecule has 3 rings (SSSR count). The highest BCUT2D eigenvalue weighted by atomic mass is 16.5. The van der Waals surface area contributed by atoms with E-state index >= 15 is 0 Å². The van der Waals surface area contributed by atoms with Crippen molar-refractivity contribution in [2.24, 2.45) is 5.92 Å². The molecule has 1 aliphatic rings. The fourth-order valence-corrected chi connectivity index (χ4v) is 2.86. The molecule has 1 N–H and O–H groups in total. The van der Waals surface area contributed by atoms with Crippen molar-refractivity contribution in [3.8, 4) is 11.5 Å². The summed E-state index contributed by atoms with van der Waals surface area (Å²) in [5.74, 6) is 1.16. The number of carbonyl (C=O) groups excluding carboxylic acids is 2. The molecule has 1 atom stereocenters. The molecule has 1 saturated heterocycles. The minimum Gasteiger partial charge on any atom is -0.497 e. The molecule has 7 nitrogen and oxygen atoms in total. The first kappa shape index (κ1) is 16.9. The zero-order valence-electron chi connectivity index (χ0n) is 14.2. The van der Waals surface area contributed by atoms with E-state index in [1.807, 2.05) is 0 Å². The molecule has 0 aliphatic carbocycles. The lowest BCUT2D eigenvalue weighted by atomic mass is 10.1. The van der Waals surface area contributed by atoms with Crippen molar-refractivity contribution in [3.63, 3.8) is 0 Å². The first-order valence-electron chi connectivity index (χ1n) is 7.95. The van der Waals surface area contributed by atoms with Crippen LogP contribution in [0, 0.1) is 5.92 Å². The van der Waals surface area contributed by atoms with Crippen LogP contribution in [0.4, 0.5) is 5.69 Å². The van der Waals surface area contributed by atoms with E-state index in [-0.39, 0.29) is 18.2 Å². The second-order valence-corrected chi connectivity index (χ2v) is 5.74. The lowest BCUT2D eigenvalue weighted by molar-refractivity contribution is -0.126. The smallest absolute Gasteiger partial charge is 0.227 e. The molecule has 1 aromatic carbocycles. The molecule has 0 radical (unpaired) electrons. The van der Waals surface area contributed by atoms with Crippen molar-refractivity contribution in [2.45, 2.75) is 13.0 Å². The Kier molecular flexibility index (Phi) is 4.92. The van der Waals surface area contributed by atoms with Crippen LogP contribution in [-0.4, -0.2) is 32.6 Å². The fraction of sp³-hybridized carbons (Fsp3) is 0.333. The van der Waals surface area contributed by atoms with Crippen molar-refractivity contribution in [2.75, 3.05) is 25.7 Å². The summed E-state index contributed by atoms with van der Waals surface area (Å²) in [6.07, 6.45) is 1.72. The van der Waals surface area contributed by atoms with E-state index in [4.69, 9.17) is 13.9 Å². The zero-order chi connectivity index (χ0) is 17.8. The molecular weight excluding hydrogens is 324 g/mol. The van der Waals surface area contributed by atoms with Gasteiger partial charge >= 0.3 is 0 Å². The van der Waals surface area contributed by atoms with Crippen LogP contribution in [0.5, 0.6) is 11.5 Å². The van der Waals surface area contributed by atoms with E-state index in [2.05, 4.69) is 5.32 Å². The molecule has 0 bridgehead atoms. The van der Waals surface area contributed by atoms with Crippen LogP contribution in [0.3, 0.4) is 0 Å². The summed E-state index contributed by atoms with van der Waals surface area (Å²) < 4.78 is 15.7. The third kappa shape index (κ3) is 3.60. The maximum atomic E-state index is 12.4. The van der Waals surface area contributed by atoms with Crippen molar-refractivity contribution >= 4 is 17.5 Å². The first-order chi connectivity index (χ1) is 12.1. The largest absolute Gasteiger partial charge is 0.497 e. The highest BCUT2D eigenvalue weighted by Crippen LogP contribution is 2.35. The molecule has 1 fully saturated rings. The van der Waals surface area contributed by atoms with Gasteiger partial charge in [-0.3, -0.25) is 9.59 Å². The second-order valence-electron chi connectivity index (χ2n) is 5.74. The number of nitrogens with one attached hydrogen (secondary N) is 1. The number of amides is 2. The number of methoxy groups -OCH3 is 2. The number of rotatable bonds is 6. The average Bonchev–Trinajstić information content (AvgIpc) is 3.28. The molecule has 132 valence electrons. The predicted octanol–water partition coefficient (Wildman–Crippen LogP) is 1.97. The Morgan fingerprint density at radius 3 is 2.84 bits per heavy atom. The highest BCUT2D eigenvalue weighted by molar-refractivity contribution is 6.01. The van der Waals surface area contributed by atoms with Gasteiger partial charge in [0.25, 0.3) is 0 Å². The van der Waals surface area contributed by atoms with Gasteiger partial charge in [0.1, 0.15) is 17.3 Å². The van der Waals surface area contributed by atoms with E-state index in [0.717, 1.165) is 0 Å². The lowest BCUT2D eigenvalue weighted by Gasteiger charge is -2.20. The van der Waals surface area contributed by atoms with Crippen LogP contribution >= 0.6 is 0 Å². The Morgan fingerprint density at radius 1 is 1.32 bits per heavy atom. The van der Waals surface area contributed by atoms with E-state index in [1.54, 1.807) is 48.6 Å². The van der Waals surface area contributed by atoms with Crippen LogP contribution < -0.4 is 19.7 Å². The predicted molar refractivity (Wildman–Crippen MR) is 90.6 cm³/mol. The van der Waals surface area contributed by atoms with Crippen molar-refractivity contribution in [1.29, 1.82) is 0 Å². The Bertz CT molecular complexity index is 757. The molecule has 0 saturated carbocycles. The molecule has 0 unspecified atom stereocenters. The molecule has 2 amide bonds. The Hall–Kier alpha value is -2.96. The summed E-state index contributed by atoms with van der Waals surface area (Å²) in [6.45, 7) is 0.619. The molecular formula is C18H20N2O5. The maximum absolute atomic E-state index is 12.4. The maximum Gasteiger partial charge on any atom is 0.227 e. The average molecular weight is 344 g/mol. The van der Waals surface area contributed by atoms with Gasteiger partial charge in [0, 0.05) is 19.0 Å². The summed E-state index contributed by atoms with van der Waals surface area (Å²) in [7, 11) is 3.10. The third-order valence-electron chi connectivity index (χ3n) is 4.19. The zero-order valence-corrected chi connectivity index (χ0v) is 14.2. The van der Waals surface area contributed by atoms with Crippen LogP contribution in [0.2, 0.25) is 0 Å². The number of carbonyl (C=O) groups is 2. The fourth-order valence-electron chi connectivity index (χ4n) is 2.86. The molecule has 2 heterocycles. The highest BCUT2D eigenvalue weighted by Gasteiger charge is 2.36. The monoisotopic (exact) mass is 344 g/mol. The minimum absolute atomic E-state index is 0.110. The van der Waals surface area contributed by atoms with Gasteiger partial charge < -0.3 is 24.1 Å². The number of nitrogens with zero attached hydrogens (tertiary/aromatic N) is 1. The number of anilines is 1. The van der Waals surface area contributed by atoms with Crippen LogP contribution in [0.25, 0.3) is 0 Å². The van der Waals surface area contributed by atoms with Gasteiger partial charge in [-0.2, -0.15) is 0 Å². The Morgan fingerprint density at radius 2 is 2.16 bits per heavy atom. The van der Waals surface area contributed by atoms with E-state index in [0.29, 0.717) is 36.0 Å². The summed E-state index contributed by atoms with van der Waals surface area (Å²) in [4.78, 5) is 26.3. The normalized spacial score (nSPS) is 16.8. The van der Waals surface area contributed by atoms with Crippen LogP contribution in [-0.2, 0) is 16.1 Å². The number of benzene rings is 1. The van der Waals surface area contributed by atoms with Crippen molar-refractivity contribution in [3.05, 3.63) is 42.4 Å². The topological polar surface area (TPSA) is 81.0 Å². The van der Waals surface area contributed by atoms with E-state index in [9.17, 15) is 9.59 Å². The summed E-state index contributed by atoms with van der Waals surface area (Å²) in [5.41, 5.74) is 0.634. The van der Waals surface area contributed by atoms with E-state index in [1.165, 1.54) is 7.11 Å². The van der Waals surface area contributed by atoms with Crippen molar-refractivity contribution < 1.29 is 23.5 Å². The standard InChI is InChI=1S/C18H20N2O5/c1-23-13-5-6-15(16(9-13)24-2)20-11-12(8-17(20)21)18(22)19-10-14-4-3-7-25-14/h3-7,9,12H,8,10-11H2,1-2H3,(H,19,22)/t12-/m1/s1. The summed E-state index contributed by atoms with van der Waals surface area (Å²) in [6, 6.07) is 8.79. The molecule has 7 heteroatoms.